The molecule has 0 saturated heterocycles. The van der Waals surface area contributed by atoms with E-state index >= 15 is 0 Å². The smallest absolute Gasteiger partial charge is 0.259 e. The maximum absolute atomic E-state index is 13.8. The first-order valence-corrected chi connectivity index (χ1v) is 9.06. The minimum absolute atomic E-state index is 0.109. The van der Waals surface area contributed by atoms with E-state index in [9.17, 15) is 13.6 Å². The van der Waals surface area contributed by atoms with Crippen LogP contribution in [-0.2, 0) is 19.4 Å². The van der Waals surface area contributed by atoms with E-state index in [4.69, 9.17) is 0 Å². The van der Waals surface area contributed by atoms with Crippen LogP contribution >= 0.6 is 11.3 Å². The lowest BCUT2D eigenvalue weighted by atomic mass is 10.1. The van der Waals surface area contributed by atoms with Crippen molar-refractivity contribution < 1.29 is 8.78 Å². The highest BCUT2D eigenvalue weighted by Gasteiger charge is 2.21. The predicted molar refractivity (Wildman–Crippen MR) is 93.9 cm³/mol. The van der Waals surface area contributed by atoms with Crippen LogP contribution in [0.1, 0.15) is 41.2 Å². The molecule has 0 aliphatic heterocycles. The number of H-pyrrole nitrogens is 1. The van der Waals surface area contributed by atoms with Gasteiger partial charge in [0.1, 0.15) is 22.3 Å². The molecule has 4 nitrogen and oxygen atoms in total. The lowest BCUT2D eigenvalue weighted by Crippen LogP contribution is -2.23. The van der Waals surface area contributed by atoms with Crippen molar-refractivity contribution in [3.05, 3.63) is 62.0 Å². The van der Waals surface area contributed by atoms with Crippen LogP contribution in [0.3, 0.4) is 0 Å². The fraction of sp³-hybridized carbons (Fsp3) is 0.333. The first-order valence-electron chi connectivity index (χ1n) is 8.24. The van der Waals surface area contributed by atoms with Gasteiger partial charge in [-0.25, -0.2) is 13.8 Å². The monoisotopic (exact) mass is 361 g/mol. The van der Waals surface area contributed by atoms with E-state index in [0.29, 0.717) is 17.9 Å². The number of rotatable bonds is 4. The van der Waals surface area contributed by atoms with Crippen molar-refractivity contribution in [3.8, 4) is 0 Å². The van der Waals surface area contributed by atoms with Crippen LogP contribution in [0.15, 0.2) is 23.0 Å². The van der Waals surface area contributed by atoms with Crippen molar-refractivity contribution in [1.29, 1.82) is 0 Å². The Morgan fingerprint density at radius 1 is 1.36 bits per heavy atom. The van der Waals surface area contributed by atoms with E-state index in [1.807, 2.05) is 0 Å². The third-order valence-corrected chi connectivity index (χ3v) is 5.81. The molecule has 1 aliphatic rings. The minimum Gasteiger partial charge on any atom is -0.309 e. The predicted octanol–water partition coefficient (Wildman–Crippen LogP) is 3.60. The van der Waals surface area contributed by atoms with E-state index in [2.05, 4.69) is 15.3 Å². The Hall–Kier alpha value is -2.12. The first-order chi connectivity index (χ1) is 12.0. The van der Waals surface area contributed by atoms with Crippen molar-refractivity contribution in [2.45, 2.75) is 38.8 Å². The second kappa shape index (κ2) is 6.31. The summed E-state index contributed by atoms with van der Waals surface area (Å²) in [6.45, 7) is 2.08. The van der Waals surface area contributed by atoms with Gasteiger partial charge in [0, 0.05) is 22.5 Å². The topological polar surface area (TPSA) is 57.8 Å². The fourth-order valence-corrected chi connectivity index (χ4v) is 4.62. The van der Waals surface area contributed by atoms with Gasteiger partial charge in [-0.15, -0.1) is 11.3 Å². The van der Waals surface area contributed by atoms with E-state index in [-0.39, 0.29) is 11.6 Å². The number of thiophene rings is 1. The van der Waals surface area contributed by atoms with Gasteiger partial charge in [0.2, 0.25) is 0 Å². The van der Waals surface area contributed by atoms with Crippen molar-refractivity contribution >= 4 is 21.6 Å². The van der Waals surface area contributed by atoms with Crippen molar-refractivity contribution in [2.24, 2.45) is 0 Å². The average Bonchev–Trinajstić information content (AvgIpc) is 3.13. The third kappa shape index (κ3) is 2.98. The number of nitrogens with one attached hydrogen (secondary N) is 2. The average molecular weight is 361 g/mol. The molecule has 1 aliphatic carbocycles. The van der Waals surface area contributed by atoms with Gasteiger partial charge in [-0.3, -0.25) is 4.79 Å². The molecule has 0 spiro atoms. The molecule has 2 aromatic heterocycles. The van der Waals surface area contributed by atoms with Crippen LogP contribution in [0.2, 0.25) is 0 Å². The Morgan fingerprint density at radius 3 is 3.00 bits per heavy atom. The number of hydrogen-bond donors (Lipinski definition) is 2. The van der Waals surface area contributed by atoms with Crippen LogP contribution < -0.4 is 10.9 Å². The number of halogens is 2. The summed E-state index contributed by atoms with van der Waals surface area (Å²) in [6.07, 6.45) is 3.06. The van der Waals surface area contributed by atoms with Gasteiger partial charge in [0.05, 0.1) is 11.9 Å². The van der Waals surface area contributed by atoms with E-state index in [1.165, 1.54) is 17.0 Å². The lowest BCUT2D eigenvalue weighted by molar-refractivity contribution is 0.511. The van der Waals surface area contributed by atoms with E-state index in [0.717, 1.165) is 41.1 Å². The molecule has 7 heteroatoms. The lowest BCUT2D eigenvalue weighted by Gasteiger charge is -2.14. The first kappa shape index (κ1) is 16.4. The van der Waals surface area contributed by atoms with Crippen LogP contribution in [0.4, 0.5) is 8.78 Å². The summed E-state index contributed by atoms with van der Waals surface area (Å²) in [5.41, 5.74) is 1.41. The number of hydrogen-bond acceptors (Lipinski definition) is 4. The van der Waals surface area contributed by atoms with Gasteiger partial charge >= 0.3 is 0 Å². The molecule has 2 N–H and O–H groups in total. The summed E-state index contributed by atoms with van der Waals surface area (Å²) < 4.78 is 26.9. The molecule has 0 saturated carbocycles. The Labute approximate surface area is 146 Å². The number of fused-ring (bicyclic) bond motifs is 3. The Bertz CT molecular complexity index is 1010. The molecule has 1 unspecified atom stereocenters. The molecular weight excluding hydrogens is 344 g/mol. The number of aryl methyl sites for hydroxylation is 2. The molecule has 2 heterocycles. The molecule has 0 bridgehead atoms. The van der Waals surface area contributed by atoms with Gasteiger partial charge in [-0.05, 0) is 37.8 Å². The maximum Gasteiger partial charge on any atom is 0.259 e. The number of aromatic nitrogens is 2. The standard InChI is InChI=1S/C18H17F2N3OS/c1-9(11-6-5-10(19)7-13(11)20)21-8-15-22-17(24)16-12-3-2-4-14(12)25-18(16)23-15/h5-7,9,21H,2-4,8H2,1H3,(H,22,23,24). The number of benzene rings is 1. The zero-order valence-corrected chi connectivity index (χ0v) is 14.5. The summed E-state index contributed by atoms with van der Waals surface area (Å²) in [4.78, 5) is 21.8. The molecule has 1 aromatic carbocycles. The molecule has 3 aromatic rings. The number of nitrogens with zero attached hydrogens (tertiary/aromatic N) is 1. The summed E-state index contributed by atoms with van der Waals surface area (Å²) in [5.74, 6) is -0.672. The zero-order chi connectivity index (χ0) is 17.6. The van der Waals surface area contributed by atoms with Gasteiger partial charge in [0.25, 0.3) is 5.56 Å². The van der Waals surface area contributed by atoms with Crippen molar-refractivity contribution in [1.82, 2.24) is 15.3 Å². The quantitative estimate of drug-likeness (QED) is 0.746. The minimum atomic E-state index is -0.601. The van der Waals surface area contributed by atoms with E-state index in [1.54, 1.807) is 18.3 Å². The molecule has 0 fully saturated rings. The maximum atomic E-state index is 13.8. The van der Waals surface area contributed by atoms with Crippen LogP contribution in [0.5, 0.6) is 0 Å². The van der Waals surface area contributed by atoms with Crippen LogP contribution in [0.25, 0.3) is 10.2 Å². The summed E-state index contributed by atoms with van der Waals surface area (Å²) in [6, 6.07) is 3.18. The normalized spacial score (nSPS) is 14.8. The van der Waals surface area contributed by atoms with Gasteiger partial charge in [-0.2, -0.15) is 0 Å². The SMILES string of the molecule is CC(NCc1nc2sc3c(c2c(=O)[nH]1)CCC3)c1ccc(F)cc1F. The third-order valence-electron chi connectivity index (χ3n) is 4.63. The molecule has 0 amide bonds. The molecule has 1 atom stereocenters. The fourth-order valence-electron chi connectivity index (χ4n) is 3.34. The second-order valence-electron chi connectivity index (χ2n) is 6.32. The Kier molecular flexibility index (Phi) is 4.13. The summed E-state index contributed by atoms with van der Waals surface area (Å²) >= 11 is 1.59. The molecule has 25 heavy (non-hydrogen) atoms. The second-order valence-corrected chi connectivity index (χ2v) is 7.40. The van der Waals surface area contributed by atoms with Crippen molar-refractivity contribution in [3.63, 3.8) is 0 Å². The summed E-state index contributed by atoms with van der Waals surface area (Å²) in [5, 5.41) is 3.85. The molecular formula is C18H17F2N3OS. The molecule has 4 rings (SSSR count). The molecule has 130 valence electrons. The van der Waals surface area contributed by atoms with E-state index < -0.39 is 11.6 Å². The molecule has 0 radical (unpaired) electrons. The van der Waals surface area contributed by atoms with Crippen LogP contribution in [0, 0.1) is 11.6 Å². The highest BCUT2D eigenvalue weighted by molar-refractivity contribution is 7.18. The van der Waals surface area contributed by atoms with Gasteiger partial charge in [0.15, 0.2) is 0 Å². The highest BCUT2D eigenvalue weighted by atomic mass is 32.1. The van der Waals surface area contributed by atoms with Gasteiger partial charge < -0.3 is 10.3 Å². The zero-order valence-electron chi connectivity index (χ0n) is 13.7. The summed E-state index contributed by atoms with van der Waals surface area (Å²) in [7, 11) is 0. The number of aromatic amines is 1. The Morgan fingerprint density at radius 2 is 2.20 bits per heavy atom. The van der Waals surface area contributed by atoms with Crippen LogP contribution in [-0.4, -0.2) is 9.97 Å². The Balaban J connectivity index is 1.56. The van der Waals surface area contributed by atoms with Gasteiger partial charge in [-0.1, -0.05) is 6.07 Å². The van der Waals surface area contributed by atoms with Crippen molar-refractivity contribution in [2.75, 3.05) is 0 Å². The largest absolute Gasteiger partial charge is 0.309 e. The highest BCUT2D eigenvalue weighted by Crippen LogP contribution is 2.34.